The number of nitrogens with zero attached hydrogens (tertiary/aromatic N) is 3. The third-order valence-electron chi connectivity index (χ3n) is 9.31. The van der Waals surface area contributed by atoms with Gasteiger partial charge in [0.15, 0.2) is 0 Å². The van der Waals surface area contributed by atoms with Crippen molar-refractivity contribution >= 4 is 23.2 Å². The maximum absolute atomic E-state index is 6.15. The fourth-order valence-electron chi connectivity index (χ4n) is 6.29. The van der Waals surface area contributed by atoms with Crippen LogP contribution in [0.5, 0.6) is 0 Å². The van der Waals surface area contributed by atoms with Crippen molar-refractivity contribution in [3.8, 4) is 47.4 Å². The molecule has 0 amide bonds. The van der Waals surface area contributed by atoms with Gasteiger partial charge in [-0.05, 0) is 121 Å². The quantitative estimate of drug-likeness (QED) is 0.181. The molecule has 2 fully saturated rings. The van der Waals surface area contributed by atoms with Crippen molar-refractivity contribution in [2.45, 2.75) is 115 Å². The molecule has 260 valence electrons. The minimum Gasteiger partial charge on any atom is -0.286 e. The van der Waals surface area contributed by atoms with Crippen molar-refractivity contribution < 1.29 is 0 Å². The van der Waals surface area contributed by atoms with Gasteiger partial charge < -0.3 is 0 Å². The summed E-state index contributed by atoms with van der Waals surface area (Å²) in [6.45, 7) is 12.6. The van der Waals surface area contributed by atoms with Crippen molar-refractivity contribution in [2.75, 3.05) is 39.3 Å². The van der Waals surface area contributed by atoms with Crippen molar-refractivity contribution in [3.05, 3.63) is 69.7 Å². The highest BCUT2D eigenvalue weighted by Crippen LogP contribution is 2.27. The first kappa shape index (κ1) is 38.9. The lowest BCUT2D eigenvalue weighted by Gasteiger charge is -2.32. The number of hydrogen-bond acceptors (Lipinski definition) is 3. The molecule has 0 N–H and O–H groups in total. The third-order valence-corrected chi connectivity index (χ3v) is 9.81. The normalized spacial score (nSPS) is 16.5. The van der Waals surface area contributed by atoms with E-state index in [0.29, 0.717) is 0 Å². The van der Waals surface area contributed by atoms with Crippen LogP contribution in [0, 0.1) is 47.4 Å². The minimum absolute atomic E-state index is 0.0105. The van der Waals surface area contributed by atoms with E-state index >= 15 is 0 Å². The average Bonchev–Trinajstić information content (AvgIpc) is 3.10. The van der Waals surface area contributed by atoms with Crippen LogP contribution in [0.3, 0.4) is 0 Å². The summed E-state index contributed by atoms with van der Waals surface area (Å²) in [6.07, 6.45) is 13.1. The summed E-state index contributed by atoms with van der Waals surface area (Å²) >= 11 is 12.3. The smallest absolute Gasteiger partial charge is 0.0970 e. The summed E-state index contributed by atoms with van der Waals surface area (Å²) in [5.41, 5.74) is 2.49. The molecule has 0 saturated carbocycles. The molecule has 2 aliphatic heterocycles. The first-order valence-corrected chi connectivity index (χ1v) is 19.2. The maximum Gasteiger partial charge on any atom is 0.0970 e. The van der Waals surface area contributed by atoms with Crippen LogP contribution in [-0.2, 0) is 0 Å². The molecule has 2 unspecified atom stereocenters. The zero-order valence-electron chi connectivity index (χ0n) is 30.1. The first-order valence-electron chi connectivity index (χ1n) is 18.4. The van der Waals surface area contributed by atoms with Crippen molar-refractivity contribution in [1.82, 2.24) is 14.7 Å². The van der Waals surface area contributed by atoms with Crippen LogP contribution in [0.25, 0.3) is 0 Å². The van der Waals surface area contributed by atoms with Gasteiger partial charge >= 0.3 is 0 Å². The molecule has 2 aliphatic rings. The van der Waals surface area contributed by atoms with E-state index in [2.05, 4.69) is 107 Å². The minimum atomic E-state index is 0.0105. The predicted octanol–water partition coefficient (Wildman–Crippen LogP) is 10.2. The summed E-state index contributed by atoms with van der Waals surface area (Å²) in [5.74, 6) is 27.7. The fraction of sp³-hybridized carbons (Fsp3) is 0.545. The molecular formula is C44H55Cl2N3. The lowest BCUT2D eigenvalue weighted by molar-refractivity contribution is 0.179. The van der Waals surface area contributed by atoms with E-state index in [-0.39, 0.29) is 17.6 Å². The van der Waals surface area contributed by atoms with Gasteiger partial charge in [-0.1, -0.05) is 84.0 Å². The number of piperidine rings is 2. The highest BCUT2D eigenvalue weighted by Gasteiger charge is 2.22. The molecule has 2 saturated heterocycles. The van der Waals surface area contributed by atoms with Gasteiger partial charge in [0.05, 0.1) is 25.2 Å². The Morgan fingerprint density at radius 3 is 1.29 bits per heavy atom. The summed E-state index contributed by atoms with van der Waals surface area (Å²) in [7, 11) is 0. The van der Waals surface area contributed by atoms with E-state index < -0.39 is 0 Å². The van der Waals surface area contributed by atoms with Crippen LogP contribution >= 0.6 is 23.2 Å². The summed E-state index contributed by atoms with van der Waals surface area (Å²) in [4.78, 5) is 7.40. The molecule has 2 heterocycles. The number of halogens is 2. The lowest BCUT2D eigenvalue weighted by atomic mass is 10.0. The Bertz CT molecular complexity index is 1400. The highest BCUT2D eigenvalue weighted by molar-refractivity contribution is 6.30. The van der Waals surface area contributed by atoms with E-state index in [1.54, 1.807) is 0 Å². The first-order chi connectivity index (χ1) is 23.8. The standard InChI is InChI=1S/C44H55Cl2N3/c1-44(2,3)49(36-20-10-6-4-8-14-22-42(47-32-16-12-17-33-47)38-24-28-40(45)29-25-38)37-21-11-7-5-9-15-23-43(48-34-18-13-19-35-48)39-26-30-41(46)31-27-39/h24-31,42-43H,4-9,12-13,16-19,32-37H2,1-3H3. The van der Waals surface area contributed by atoms with Crippen LogP contribution in [0.2, 0.25) is 10.0 Å². The second kappa shape index (κ2) is 21.4. The lowest BCUT2D eigenvalue weighted by Crippen LogP contribution is -2.41. The zero-order valence-corrected chi connectivity index (χ0v) is 31.6. The van der Waals surface area contributed by atoms with Crippen LogP contribution in [0.15, 0.2) is 48.5 Å². The summed E-state index contributed by atoms with van der Waals surface area (Å²) < 4.78 is 0. The molecule has 0 radical (unpaired) electrons. The van der Waals surface area contributed by atoms with Crippen LogP contribution in [0.1, 0.15) is 121 Å². The second-order valence-corrected chi connectivity index (χ2v) is 15.1. The van der Waals surface area contributed by atoms with E-state index in [1.807, 2.05) is 24.3 Å². The molecule has 2 aromatic rings. The summed E-state index contributed by atoms with van der Waals surface area (Å²) in [5, 5.41) is 1.54. The van der Waals surface area contributed by atoms with Crippen molar-refractivity contribution in [2.24, 2.45) is 0 Å². The average molecular weight is 697 g/mol. The molecule has 2 aromatic carbocycles. The number of hydrogen-bond donors (Lipinski definition) is 0. The van der Waals surface area contributed by atoms with Gasteiger partial charge in [-0.2, -0.15) is 0 Å². The number of rotatable bonds is 10. The molecule has 4 rings (SSSR count). The molecule has 0 spiro atoms. The van der Waals surface area contributed by atoms with Crippen LogP contribution in [-0.4, -0.2) is 59.5 Å². The largest absolute Gasteiger partial charge is 0.286 e. The molecule has 5 heteroatoms. The zero-order chi connectivity index (χ0) is 34.7. The molecular weight excluding hydrogens is 641 g/mol. The Labute approximate surface area is 308 Å². The summed E-state index contributed by atoms with van der Waals surface area (Å²) in [6, 6.07) is 16.7. The Balaban J connectivity index is 1.19. The Morgan fingerprint density at radius 2 is 0.918 bits per heavy atom. The molecule has 0 aromatic heterocycles. The van der Waals surface area contributed by atoms with Gasteiger partial charge in [0, 0.05) is 41.3 Å². The van der Waals surface area contributed by atoms with Gasteiger partial charge in [0.1, 0.15) is 0 Å². The third kappa shape index (κ3) is 14.1. The SMILES string of the molecule is CC(C)(C)N(CC#CCCCC#CC(c1ccc(Cl)cc1)N1CCCCC1)CC#CCCCC#CC(c1ccc(Cl)cc1)N1CCCCC1. The number of benzene rings is 2. The predicted molar refractivity (Wildman–Crippen MR) is 209 cm³/mol. The van der Waals surface area contributed by atoms with E-state index in [0.717, 1.165) is 87.8 Å². The van der Waals surface area contributed by atoms with Crippen LogP contribution < -0.4 is 0 Å². The molecule has 0 aliphatic carbocycles. The van der Waals surface area contributed by atoms with E-state index in [9.17, 15) is 0 Å². The highest BCUT2D eigenvalue weighted by atomic mass is 35.5. The Morgan fingerprint density at radius 1 is 0.551 bits per heavy atom. The van der Waals surface area contributed by atoms with Gasteiger partial charge in [-0.15, -0.1) is 23.7 Å². The van der Waals surface area contributed by atoms with E-state index in [4.69, 9.17) is 23.2 Å². The monoisotopic (exact) mass is 695 g/mol. The van der Waals surface area contributed by atoms with Gasteiger partial charge in [-0.3, -0.25) is 14.7 Å². The molecule has 49 heavy (non-hydrogen) atoms. The number of likely N-dealkylation sites (tertiary alicyclic amines) is 2. The maximum atomic E-state index is 6.15. The Hall–Kier alpha value is -2.86. The fourth-order valence-corrected chi connectivity index (χ4v) is 6.54. The number of unbranched alkanes of at least 4 members (excludes halogenated alkanes) is 4. The van der Waals surface area contributed by atoms with Gasteiger partial charge in [-0.25, -0.2) is 0 Å². The molecule has 0 bridgehead atoms. The second-order valence-electron chi connectivity index (χ2n) is 14.2. The Kier molecular flexibility index (Phi) is 17.0. The van der Waals surface area contributed by atoms with Gasteiger partial charge in [0.25, 0.3) is 0 Å². The van der Waals surface area contributed by atoms with Crippen molar-refractivity contribution in [3.63, 3.8) is 0 Å². The van der Waals surface area contributed by atoms with E-state index in [1.165, 1.54) is 49.7 Å². The van der Waals surface area contributed by atoms with Crippen LogP contribution in [0.4, 0.5) is 0 Å². The van der Waals surface area contributed by atoms with Gasteiger partial charge in [0.2, 0.25) is 0 Å². The topological polar surface area (TPSA) is 9.72 Å². The molecule has 2 atom stereocenters. The molecule has 3 nitrogen and oxygen atoms in total. The van der Waals surface area contributed by atoms with Crippen molar-refractivity contribution in [1.29, 1.82) is 0 Å².